The zero-order valence-corrected chi connectivity index (χ0v) is 13.3. The molecule has 0 atom stereocenters. The number of rotatable bonds is 4. The average molecular weight is 370 g/mol. The van der Waals surface area contributed by atoms with Crippen LogP contribution in [0.1, 0.15) is 20.8 Å². The SMILES string of the molecule is CC(C)(C)OCC(=O)Nc1ccc(Br)cc1OC(F)(F)F. The van der Waals surface area contributed by atoms with Gasteiger partial charge in [-0.05, 0) is 39.0 Å². The van der Waals surface area contributed by atoms with Crippen molar-refractivity contribution in [3.05, 3.63) is 22.7 Å². The molecule has 21 heavy (non-hydrogen) atoms. The Balaban J connectivity index is 2.80. The number of benzene rings is 1. The van der Waals surface area contributed by atoms with Crippen LogP contribution < -0.4 is 10.1 Å². The summed E-state index contributed by atoms with van der Waals surface area (Å²) in [6.45, 7) is 5.01. The Hall–Kier alpha value is -1.28. The van der Waals surface area contributed by atoms with Crippen LogP contribution in [0.5, 0.6) is 5.75 Å². The molecule has 1 aromatic carbocycles. The normalized spacial score (nSPS) is 12.1. The van der Waals surface area contributed by atoms with E-state index in [4.69, 9.17) is 4.74 Å². The quantitative estimate of drug-likeness (QED) is 0.868. The van der Waals surface area contributed by atoms with E-state index >= 15 is 0 Å². The summed E-state index contributed by atoms with van der Waals surface area (Å²) in [5, 5.41) is 2.32. The molecule has 0 unspecified atom stereocenters. The van der Waals surface area contributed by atoms with Crippen LogP contribution >= 0.6 is 15.9 Å². The van der Waals surface area contributed by atoms with Crippen LogP contribution in [0.2, 0.25) is 0 Å². The number of anilines is 1. The molecule has 1 aromatic rings. The molecule has 0 radical (unpaired) electrons. The molecular formula is C13H15BrF3NO3. The molecule has 0 heterocycles. The lowest BCUT2D eigenvalue weighted by Crippen LogP contribution is -2.27. The maximum absolute atomic E-state index is 12.3. The van der Waals surface area contributed by atoms with E-state index in [0.29, 0.717) is 4.47 Å². The maximum Gasteiger partial charge on any atom is 0.573 e. The maximum atomic E-state index is 12.3. The Labute approximate surface area is 128 Å². The molecule has 0 aromatic heterocycles. The molecule has 0 saturated heterocycles. The number of alkyl halides is 3. The molecule has 4 nitrogen and oxygen atoms in total. The first-order valence-corrected chi connectivity index (χ1v) is 6.75. The highest BCUT2D eigenvalue weighted by atomic mass is 79.9. The molecule has 118 valence electrons. The lowest BCUT2D eigenvalue weighted by atomic mass is 10.2. The zero-order chi connectivity index (χ0) is 16.3. The first-order chi connectivity index (χ1) is 9.46. The average Bonchev–Trinajstić information content (AvgIpc) is 2.27. The van der Waals surface area contributed by atoms with E-state index in [9.17, 15) is 18.0 Å². The van der Waals surface area contributed by atoms with Gasteiger partial charge in [-0.1, -0.05) is 15.9 Å². The molecule has 1 N–H and O–H groups in total. The van der Waals surface area contributed by atoms with Crippen LogP contribution in [0.4, 0.5) is 18.9 Å². The molecule has 0 aliphatic heterocycles. The van der Waals surface area contributed by atoms with Gasteiger partial charge in [0.25, 0.3) is 0 Å². The molecule has 0 aliphatic rings. The number of hydrogen-bond acceptors (Lipinski definition) is 3. The molecular weight excluding hydrogens is 355 g/mol. The minimum Gasteiger partial charge on any atom is -0.404 e. The van der Waals surface area contributed by atoms with Crippen molar-refractivity contribution >= 4 is 27.5 Å². The fraction of sp³-hybridized carbons (Fsp3) is 0.462. The number of halogens is 4. The number of hydrogen-bond donors (Lipinski definition) is 1. The van der Waals surface area contributed by atoms with Gasteiger partial charge in [0.15, 0.2) is 5.75 Å². The Morgan fingerprint density at radius 2 is 1.90 bits per heavy atom. The number of amides is 1. The van der Waals surface area contributed by atoms with Gasteiger partial charge in [0.1, 0.15) is 6.61 Å². The summed E-state index contributed by atoms with van der Waals surface area (Å²) in [6.07, 6.45) is -4.85. The van der Waals surface area contributed by atoms with Crippen molar-refractivity contribution in [2.24, 2.45) is 0 Å². The van der Waals surface area contributed by atoms with Gasteiger partial charge in [0.05, 0.1) is 11.3 Å². The summed E-state index contributed by atoms with van der Waals surface area (Å²) in [7, 11) is 0. The van der Waals surface area contributed by atoms with E-state index in [-0.39, 0.29) is 12.3 Å². The lowest BCUT2D eigenvalue weighted by molar-refractivity contribution is -0.274. The standard InChI is InChI=1S/C13H15BrF3NO3/c1-12(2,3)20-7-11(19)18-9-5-4-8(14)6-10(9)21-13(15,16)17/h4-6H,7H2,1-3H3,(H,18,19). The summed E-state index contributed by atoms with van der Waals surface area (Å²) in [6, 6.07) is 3.91. The topological polar surface area (TPSA) is 47.6 Å². The Bertz CT molecular complexity index is 512. The van der Waals surface area contributed by atoms with E-state index < -0.39 is 23.6 Å². The predicted molar refractivity (Wildman–Crippen MR) is 75.2 cm³/mol. The van der Waals surface area contributed by atoms with Crippen LogP contribution in [0.15, 0.2) is 22.7 Å². The summed E-state index contributed by atoms with van der Waals surface area (Å²) in [4.78, 5) is 11.7. The summed E-state index contributed by atoms with van der Waals surface area (Å²) < 4.78 is 46.5. The first-order valence-electron chi connectivity index (χ1n) is 5.95. The second-order valence-corrected chi connectivity index (χ2v) is 6.05. The third kappa shape index (κ3) is 7.33. The number of carbonyl (C=O) groups excluding carboxylic acids is 1. The van der Waals surface area contributed by atoms with E-state index in [1.54, 1.807) is 20.8 Å². The molecule has 0 bridgehead atoms. The van der Waals surface area contributed by atoms with E-state index in [2.05, 4.69) is 26.0 Å². The van der Waals surface area contributed by atoms with Crippen LogP contribution in [-0.4, -0.2) is 24.5 Å². The second-order valence-electron chi connectivity index (χ2n) is 5.14. The van der Waals surface area contributed by atoms with Crippen molar-refractivity contribution in [2.45, 2.75) is 32.7 Å². The summed E-state index contributed by atoms with van der Waals surface area (Å²) in [5.41, 5.74) is -0.611. The molecule has 1 rings (SSSR count). The summed E-state index contributed by atoms with van der Waals surface area (Å²) >= 11 is 3.04. The molecule has 0 saturated carbocycles. The van der Waals surface area contributed by atoms with Gasteiger partial charge in [0, 0.05) is 4.47 Å². The van der Waals surface area contributed by atoms with Gasteiger partial charge in [0.2, 0.25) is 5.91 Å². The fourth-order valence-corrected chi connectivity index (χ4v) is 1.62. The van der Waals surface area contributed by atoms with E-state index in [1.165, 1.54) is 12.1 Å². The highest BCUT2D eigenvalue weighted by molar-refractivity contribution is 9.10. The predicted octanol–water partition coefficient (Wildman–Crippen LogP) is 4.10. The zero-order valence-electron chi connectivity index (χ0n) is 11.7. The fourth-order valence-electron chi connectivity index (χ4n) is 1.28. The number of nitrogens with one attached hydrogen (secondary N) is 1. The van der Waals surface area contributed by atoms with Gasteiger partial charge in [-0.2, -0.15) is 0 Å². The first kappa shape index (κ1) is 17.8. The van der Waals surface area contributed by atoms with Gasteiger partial charge in [-0.3, -0.25) is 4.79 Å². The van der Waals surface area contributed by atoms with Crippen molar-refractivity contribution in [3.63, 3.8) is 0 Å². The second kappa shape index (κ2) is 6.65. The van der Waals surface area contributed by atoms with E-state index in [0.717, 1.165) is 6.07 Å². The lowest BCUT2D eigenvalue weighted by Gasteiger charge is -2.19. The van der Waals surface area contributed by atoms with Crippen LogP contribution in [-0.2, 0) is 9.53 Å². The number of ether oxygens (including phenoxy) is 2. The monoisotopic (exact) mass is 369 g/mol. The Morgan fingerprint density at radius 1 is 1.29 bits per heavy atom. The Morgan fingerprint density at radius 3 is 2.43 bits per heavy atom. The van der Waals surface area contributed by atoms with Crippen LogP contribution in [0.25, 0.3) is 0 Å². The molecule has 8 heteroatoms. The van der Waals surface area contributed by atoms with Crippen molar-refractivity contribution in [1.29, 1.82) is 0 Å². The largest absolute Gasteiger partial charge is 0.573 e. The third-order valence-corrected chi connectivity index (χ3v) is 2.57. The molecule has 0 fully saturated rings. The van der Waals surface area contributed by atoms with Gasteiger partial charge in [-0.25, -0.2) is 0 Å². The van der Waals surface area contributed by atoms with Crippen molar-refractivity contribution < 1.29 is 27.4 Å². The van der Waals surface area contributed by atoms with Gasteiger partial charge >= 0.3 is 6.36 Å². The molecule has 0 aliphatic carbocycles. The van der Waals surface area contributed by atoms with Gasteiger partial charge < -0.3 is 14.8 Å². The third-order valence-electron chi connectivity index (χ3n) is 2.08. The minimum atomic E-state index is -4.85. The Kier molecular flexibility index (Phi) is 5.63. The number of carbonyl (C=O) groups is 1. The van der Waals surface area contributed by atoms with Crippen molar-refractivity contribution in [2.75, 3.05) is 11.9 Å². The molecule has 0 spiro atoms. The van der Waals surface area contributed by atoms with E-state index in [1.807, 2.05) is 0 Å². The highest BCUT2D eigenvalue weighted by Crippen LogP contribution is 2.32. The minimum absolute atomic E-state index is 0.0852. The summed E-state index contributed by atoms with van der Waals surface area (Å²) in [5.74, 6) is -1.07. The molecule has 1 amide bonds. The van der Waals surface area contributed by atoms with Crippen molar-refractivity contribution in [3.8, 4) is 5.75 Å². The van der Waals surface area contributed by atoms with Gasteiger partial charge in [-0.15, -0.1) is 13.2 Å². The van der Waals surface area contributed by atoms with Crippen molar-refractivity contribution in [1.82, 2.24) is 0 Å². The van der Waals surface area contributed by atoms with Crippen LogP contribution in [0, 0.1) is 0 Å². The highest BCUT2D eigenvalue weighted by Gasteiger charge is 2.32. The van der Waals surface area contributed by atoms with Crippen LogP contribution in [0.3, 0.4) is 0 Å². The smallest absolute Gasteiger partial charge is 0.404 e.